The Labute approximate surface area is 107 Å². The lowest BCUT2D eigenvalue weighted by Crippen LogP contribution is -2.31. The Bertz CT molecular complexity index is 193. The Morgan fingerprint density at radius 1 is 1.06 bits per heavy atom. The van der Waals surface area contributed by atoms with Crippen LogP contribution in [0.15, 0.2) is 0 Å². The van der Waals surface area contributed by atoms with Gasteiger partial charge in [0.1, 0.15) is 0 Å². The Morgan fingerprint density at radius 2 is 1.88 bits per heavy atom. The van der Waals surface area contributed by atoms with E-state index in [0.29, 0.717) is 6.10 Å². The van der Waals surface area contributed by atoms with Crippen molar-refractivity contribution in [3.63, 3.8) is 0 Å². The van der Waals surface area contributed by atoms with Crippen LogP contribution in [0.2, 0.25) is 0 Å². The molecule has 1 aliphatic carbocycles. The third kappa shape index (κ3) is 4.59. The van der Waals surface area contributed by atoms with E-state index < -0.39 is 0 Å². The van der Waals surface area contributed by atoms with E-state index in [1.165, 1.54) is 64.5 Å². The lowest BCUT2D eigenvalue weighted by molar-refractivity contribution is 0.0102. The van der Waals surface area contributed by atoms with Gasteiger partial charge in [0.2, 0.25) is 0 Å². The van der Waals surface area contributed by atoms with Gasteiger partial charge in [-0.2, -0.15) is 0 Å². The van der Waals surface area contributed by atoms with Crippen molar-refractivity contribution in [3.8, 4) is 0 Å². The largest absolute Gasteiger partial charge is 0.378 e. The summed E-state index contributed by atoms with van der Waals surface area (Å²) in [6.07, 6.45) is 11.4. The molecule has 2 aliphatic rings. The van der Waals surface area contributed by atoms with Crippen molar-refractivity contribution in [2.75, 3.05) is 19.7 Å². The van der Waals surface area contributed by atoms with Gasteiger partial charge in [0.25, 0.3) is 0 Å². The van der Waals surface area contributed by atoms with Crippen molar-refractivity contribution in [2.45, 2.75) is 64.4 Å². The molecule has 2 rings (SSSR count). The van der Waals surface area contributed by atoms with E-state index >= 15 is 0 Å². The molecule has 0 spiro atoms. The van der Waals surface area contributed by atoms with Crippen molar-refractivity contribution in [3.05, 3.63) is 0 Å². The fraction of sp³-hybridized carbons (Fsp3) is 1.00. The zero-order chi connectivity index (χ0) is 11.9. The van der Waals surface area contributed by atoms with Gasteiger partial charge in [-0.05, 0) is 69.9 Å². The number of nitrogens with one attached hydrogen (secondary N) is 1. The highest BCUT2D eigenvalue weighted by molar-refractivity contribution is 4.73. The summed E-state index contributed by atoms with van der Waals surface area (Å²) in [5, 5.41) is 3.48. The summed E-state index contributed by atoms with van der Waals surface area (Å²) in [5.74, 6) is 1.85. The van der Waals surface area contributed by atoms with Crippen LogP contribution in [-0.2, 0) is 4.74 Å². The molecule has 0 bridgehead atoms. The molecule has 0 radical (unpaired) electrons. The van der Waals surface area contributed by atoms with Crippen LogP contribution >= 0.6 is 0 Å². The first-order valence-electron chi connectivity index (χ1n) is 7.70. The first kappa shape index (κ1) is 13.4. The molecule has 1 N–H and O–H groups in total. The molecule has 1 saturated heterocycles. The van der Waals surface area contributed by atoms with E-state index in [2.05, 4.69) is 12.2 Å². The fourth-order valence-electron chi connectivity index (χ4n) is 3.28. The summed E-state index contributed by atoms with van der Waals surface area (Å²) >= 11 is 0. The van der Waals surface area contributed by atoms with Crippen molar-refractivity contribution in [2.24, 2.45) is 11.8 Å². The fourth-order valence-corrected chi connectivity index (χ4v) is 3.28. The molecule has 2 nitrogen and oxygen atoms in total. The summed E-state index contributed by atoms with van der Waals surface area (Å²) in [4.78, 5) is 0. The van der Waals surface area contributed by atoms with Gasteiger partial charge in [0, 0.05) is 6.61 Å². The van der Waals surface area contributed by atoms with Crippen LogP contribution in [0.3, 0.4) is 0 Å². The highest BCUT2D eigenvalue weighted by atomic mass is 16.5. The maximum Gasteiger partial charge on any atom is 0.0575 e. The molecular weight excluding hydrogens is 210 g/mol. The van der Waals surface area contributed by atoms with Crippen LogP contribution in [0.4, 0.5) is 0 Å². The van der Waals surface area contributed by atoms with Crippen LogP contribution in [0.1, 0.15) is 58.3 Å². The smallest absolute Gasteiger partial charge is 0.0575 e. The molecule has 1 heterocycles. The summed E-state index contributed by atoms with van der Waals surface area (Å²) in [5.41, 5.74) is 0. The lowest BCUT2D eigenvalue weighted by Gasteiger charge is -2.29. The average molecular weight is 239 g/mol. The van der Waals surface area contributed by atoms with Gasteiger partial charge in [-0.3, -0.25) is 0 Å². The van der Waals surface area contributed by atoms with Gasteiger partial charge < -0.3 is 10.1 Å². The van der Waals surface area contributed by atoms with Gasteiger partial charge in [0.05, 0.1) is 6.10 Å². The Balaban J connectivity index is 1.53. The Morgan fingerprint density at radius 3 is 2.53 bits per heavy atom. The highest BCUT2D eigenvalue weighted by Gasteiger charge is 2.20. The summed E-state index contributed by atoms with van der Waals surface area (Å²) in [6.45, 7) is 5.75. The molecule has 17 heavy (non-hydrogen) atoms. The summed E-state index contributed by atoms with van der Waals surface area (Å²) < 4.78 is 6.05. The second-order valence-corrected chi connectivity index (χ2v) is 5.92. The number of hydrogen-bond acceptors (Lipinski definition) is 2. The maximum atomic E-state index is 6.05. The average Bonchev–Trinajstić information content (AvgIpc) is 2.41. The number of ether oxygens (including phenoxy) is 1. The molecule has 1 aliphatic heterocycles. The van der Waals surface area contributed by atoms with Crippen LogP contribution in [0, 0.1) is 11.8 Å². The summed E-state index contributed by atoms with van der Waals surface area (Å²) in [6, 6.07) is 0. The molecular formula is C15H29NO. The maximum absolute atomic E-state index is 6.05. The minimum Gasteiger partial charge on any atom is -0.378 e. The molecule has 1 unspecified atom stereocenters. The second-order valence-electron chi connectivity index (χ2n) is 5.92. The standard InChI is InChI=1S/C15H29NO/c1-2-13-5-7-15(8-6-13)17-11-9-14-4-3-10-16-12-14/h13-16H,2-12H2,1H3. The van der Waals surface area contributed by atoms with Crippen molar-refractivity contribution < 1.29 is 4.74 Å². The molecule has 0 aromatic heterocycles. The predicted octanol–water partition coefficient (Wildman–Crippen LogP) is 3.36. The SMILES string of the molecule is CCC1CCC(OCCC2CCCNC2)CC1. The molecule has 1 atom stereocenters. The number of piperidine rings is 1. The molecule has 2 fully saturated rings. The molecule has 2 heteroatoms. The van der Waals surface area contributed by atoms with Gasteiger partial charge in [-0.25, -0.2) is 0 Å². The van der Waals surface area contributed by atoms with E-state index in [9.17, 15) is 0 Å². The first-order chi connectivity index (χ1) is 8.38. The number of hydrogen-bond donors (Lipinski definition) is 1. The topological polar surface area (TPSA) is 21.3 Å². The molecule has 0 aromatic rings. The first-order valence-corrected chi connectivity index (χ1v) is 7.70. The third-order valence-corrected chi connectivity index (χ3v) is 4.65. The van der Waals surface area contributed by atoms with Gasteiger partial charge in [-0.15, -0.1) is 0 Å². The monoisotopic (exact) mass is 239 g/mol. The van der Waals surface area contributed by atoms with Crippen molar-refractivity contribution >= 4 is 0 Å². The lowest BCUT2D eigenvalue weighted by atomic mass is 9.86. The summed E-state index contributed by atoms with van der Waals surface area (Å²) in [7, 11) is 0. The van der Waals surface area contributed by atoms with Crippen molar-refractivity contribution in [1.82, 2.24) is 5.32 Å². The minimum atomic E-state index is 0.578. The Hall–Kier alpha value is -0.0800. The van der Waals surface area contributed by atoms with Crippen LogP contribution in [-0.4, -0.2) is 25.8 Å². The van der Waals surface area contributed by atoms with E-state index in [1.807, 2.05) is 0 Å². The molecule has 0 amide bonds. The zero-order valence-electron chi connectivity index (χ0n) is 11.4. The van der Waals surface area contributed by atoms with Crippen LogP contribution < -0.4 is 5.32 Å². The van der Waals surface area contributed by atoms with Gasteiger partial charge >= 0.3 is 0 Å². The minimum absolute atomic E-state index is 0.578. The van der Waals surface area contributed by atoms with Gasteiger partial charge in [-0.1, -0.05) is 13.3 Å². The van der Waals surface area contributed by atoms with E-state index in [-0.39, 0.29) is 0 Å². The third-order valence-electron chi connectivity index (χ3n) is 4.65. The van der Waals surface area contributed by atoms with Gasteiger partial charge in [0.15, 0.2) is 0 Å². The molecule has 1 saturated carbocycles. The highest BCUT2D eigenvalue weighted by Crippen LogP contribution is 2.28. The normalized spacial score (nSPS) is 34.8. The Kier molecular flexibility index (Phi) is 5.79. The molecule has 0 aromatic carbocycles. The zero-order valence-corrected chi connectivity index (χ0v) is 11.4. The van der Waals surface area contributed by atoms with Crippen molar-refractivity contribution in [1.29, 1.82) is 0 Å². The van der Waals surface area contributed by atoms with E-state index in [1.54, 1.807) is 0 Å². The number of rotatable bonds is 5. The van der Waals surface area contributed by atoms with E-state index in [4.69, 9.17) is 4.74 Å². The van der Waals surface area contributed by atoms with E-state index in [0.717, 1.165) is 18.4 Å². The quantitative estimate of drug-likeness (QED) is 0.794. The predicted molar refractivity (Wildman–Crippen MR) is 72.2 cm³/mol. The van der Waals surface area contributed by atoms with Crippen LogP contribution in [0.5, 0.6) is 0 Å². The van der Waals surface area contributed by atoms with Crippen LogP contribution in [0.25, 0.3) is 0 Å². The second kappa shape index (κ2) is 7.38. The molecule has 100 valence electrons.